The Morgan fingerprint density at radius 3 is 2.34 bits per heavy atom. The number of amides is 1. The van der Waals surface area contributed by atoms with Crippen molar-refractivity contribution >= 4 is 39.2 Å². The third kappa shape index (κ3) is 3.99. The molecule has 0 bridgehead atoms. The van der Waals surface area contributed by atoms with Gasteiger partial charge in [0.2, 0.25) is 5.78 Å². The Morgan fingerprint density at radius 1 is 0.897 bits per heavy atom. The fraction of sp³-hybridized carbons (Fsp3) is 0.167. The fourth-order valence-electron chi connectivity index (χ4n) is 3.29. The normalized spacial score (nSPS) is 11.6. The number of H-pyrrole nitrogens is 1. The number of fused-ring (bicyclic) bond motifs is 3. The fourth-order valence-corrected chi connectivity index (χ4v) is 3.29. The van der Waals surface area contributed by atoms with E-state index in [0.29, 0.717) is 16.9 Å². The van der Waals surface area contributed by atoms with Crippen molar-refractivity contribution in [3.8, 4) is 0 Å². The van der Waals surface area contributed by atoms with Crippen LogP contribution < -0.4 is 5.32 Å². The second-order valence-electron chi connectivity index (χ2n) is 7.96. The summed E-state index contributed by atoms with van der Waals surface area (Å²) in [6.07, 6.45) is -0.529. The highest BCUT2D eigenvalue weighted by molar-refractivity contribution is 6.14. The molecule has 1 aromatic heterocycles. The minimum absolute atomic E-state index is 0.103. The number of carbonyl (C=O) groups is 2. The summed E-state index contributed by atoms with van der Waals surface area (Å²) in [7, 11) is 0. The summed E-state index contributed by atoms with van der Waals surface area (Å²) >= 11 is 0. The molecule has 5 nitrogen and oxygen atoms in total. The molecular formula is C24H22N2O3. The molecule has 3 aromatic carbocycles. The van der Waals surface area contributed by atoms with E-state index in [1.54, 1.807) is 45.0 Å². The second-order valence-corrected chi connectivity index (χ2v) is 7.96. The zero-order valence-electron chi connectivity index (χ0n) is 16.6. The first-order chi connectivity index (χ1) is 13.8. The van der Waals surface area contributed by atoms with Crippen molar-refractivity contribution in [3.63, 3.8) is 0 Å². The molecule has 0 aliphatic heterocycles. The molecule has 1 amide bonds. The number of nitrogens with one attached hydrogen (secondary N) is 2. The van der Waals surface area contributed by atoms with Crippen LogP contribution in [0.25, 0.3) is 21.7 Å². The number of ketones is 1. The Labute approximate surface area is 168 Å². The maximum absolute atomic E-state index is 12.9. The van der Waals surface area contributed by atoms with Crippen LogP contribution >= 0.6 is 0 Å². The third-order valence-electron chi connectivity index (χ3n) is 4.57. The molecule has 0 aliphatic rings. The van der Waals surface area contributed by atoms with E-state index in [1.165, 1.54) is 0 Å². The van der Waals surface area contributed by atoms with Crippen molar-refractivity contribution < 1.29 is 14.3 Å². The minimum Gasteiger partial charge on any atom is -0.444 e. The summed E-state index contributed by atoms with van der Waals surface area (Å²) in [4.78, 5) is 28.0. The van der Waals surface area contributed by atoms with Crippen molar-refractivity contribution in [2.75, 3.05) is 5.32 Å². The number of anilines is 1. The molecule has 4 rings (SSSR count). The highest BCUT2D eigenvalue weighted by Gasteiger charge is 2.17. The molecule has 0 spiro atoms. The van der Waals surface area contributed by atoms with Gasteiger partial charge in [-0.05, 0) is 67.9 Å². The van der Waals surface area contributed by atoms with Crippen LogP contribution in [0.3, 0.4) is 0 Å². The number of benzene rings is 3. The van der Waals surface area contributed by atoms with E-state index in [9.17, 15) is 9.59 Å². The number of carbonyl (C=O) groups excluding carboxylic acids is 2. The maximum Gasteiger partial charge on any atom is 0.412 e. The third-order valence-corrected chi connectivity index (χ3v) is 4.57. The summed E-state index contributed by atoms with van der Waals surface area (Å²) in [5.41, 5.74) is 1.99. The zero-order valence-corrected chi connectivity index (χ0v) is 16.6. The lowest BCUT2D eigenvalue weighted by Crippen LogP contribution is -2.27. The minimum atomic E-state index is -0.570. The van der Waals surface area contributed by atoms with Gasteiger partial charge < -0.3 is 9.72 Å². The molecule has 0 saturated carbocycles. The van der Waals surface area contributed by atoms with E-state index in [-0.39, 0.29) is 5.78 Å². The first-order valence-corrected chi connectivity index (χ1v) is 9.45. The van der Waals surface area contributed by atoms with Crippen LogP contribution in [0.4, 0.5) is 10.5 Å². The van der Waals surface area contributed by atoms with Gasteiger partial charge in [-0.1, -0.05) is 30.3 Å². The predicted octanol–water partition coefficient (Wildman–Crippen LogP) is 5.90. The number of rotatable bonds is 3. The Bertz CT molecular complexity index is 1210. The Balaban J connectivity index is 1.57. The van der Waals surface area contributed by atoms with Gasteiger partial charge >= 0.3 is 6.09 Å². The number of ether oxygens (including phenoxy) is 1. The van der Waals surface area contributed by atoms with E-state index >= 15 is 0 Å². The van der Waals surface area contributed by atoms with E-state index < -0.39 is 11.7 Å². The molecule has 0 saturated heterocycles. The molecular weight excluding hydrogens is 364 g/mol. The molecule has 0 unspecified atom stereocenters. The number of aromatic nitrogens is 1. The van der Waals surface area contributed by atoms with Crippen LogP contribution in [0.5, 0.6) is 0 Å². The van der Waals surface area contributed by atoms with Gasteiger partial charge in [0, 0.05) is 22.2 Å². The van der Waals surface area contributed by atoms with Crippen molar-refractivity contribution in [3.05, 3.63) is 78.0 Å². The quantitative estimate of drug-likeness (QED) is 0.431. The Kier molecular flexibility index (Phi) is 4.59. The van der Waals surface area contributed by atoms with Crippen molar-refractivity contribution in [2.45, 2.75) is 26.4 Å². The topological polar surface area (TPSA) is 71.2 Å². The molecule has 0 aliphatic carbocycles. The van der Waals surface area contributed by atoms with Crippen molar-refractivity contribution in [2.24, 2.45) is 0 Å². The largest absolute Gasteiger partial charge is 0.444 e. The molecule has 0 fully saturated rings. The SMILES string of the molecule is CC(C)(C)OC(=O)Nc1ccc(C(=O)c2cc3c(ccc4ccccc43)[nH]2)cc1. The van der Waals surface area contributed by atoms with Gasteiger partial charge in [0.1, 0.15) is 5.60 Å². The zero-order chi connectivity index (χ0) is 20.6. The lowest BCUT2D eigenvalue weighted by molar-refractivity contribution is 0.0636. The highest BCUT2D eigenvalue weighted by Crippen LogP contribution is 2.27. The molecule has 4 aromatic rings. The lowest BCUT2D eigenvalue weighted by Gasteiger charge is -2.19. The van der Waals surface area contributed by atoms with Gasteiger partial charge in [0.25, 0.3) is 0 Å². The second kappa shape index (κ2) is 7.09. The maximum atomic E-state index is 12.9. The summed E-state index contributed by atoms with van der Waals surface area (Å²) in [6, 6.07) is 20.8. The van der Waals surface area contributed by atoms with Crippen molar-refractivity contribution in [1.29, 1.82) is 0 Å². The first kappa shape index (κ1) is 18.7. The average molecular weight is 386 g/mol. The summed E-state index contributed by atoms with van der Waals surface area (Å²) in [6.45, 7) is 5.41. The molecule has 1 heterocycles. The summed E-state index contributed by atoms with van der Waals surface area (Å²) in [5.74, 6) is -0.103. The molecule has 29 heavy (non-hydrogen) atoms. The van der Waals surface area contributed by atoms with Gasteiger partial charge in [0.15, 0.2) is 0 Å². The molecule has 5 heteroatoms. The smallest absolute Gasteiger partial charge is 0.412 e. The van der Waals surface area contributed by atoms with E-state index in [0.717, 1.165) is 21.7 Å². The molecule has 2 N–H and O–H groups in total. The lowest BCUT2D eigenvalue weighted by atomic mass is 10.1. The van der Waals surface area contributed by atoms with Crippen LogP contribution in [0.2, 0.25) is 0 Å². The van der Waals surface area contributed by atoms with Crippen LogP contribution in [-0.4, -0.2) is 22.5 Å². The van der Waals surface area contributed by atoms with Crippen molar-refractivity contribution in [1.82, 2.24) is 4.98 Å². The number of hydrogen-bond donors (Lipinski definition) is 2. The first-order valence-electron chi connectivity index (χ1n) is 9.45. The van der Waals surface area contributed by atoms with Gasteiger partial charge in [0.05, 0.1) is 5.69 Å². The molecule has 0 radical (unpaired) electrons. The average Bonchev–Trinajstić information content (AvgIpc) is 3.11. The van der Waals surface area contributed by atoms with Crippen LogP contribution in [0.1, 0.15) is 36.8 Å². The van der Waals surface area contributed by atoms with Gasteiger partial charge in [-0.2, -0.15) is 0 Å². The number of hydrogen-bond acceptors (Lipinski definition) is 3. The van der Waals surface area contributed by atoms with E-state index in [1.807, 2.05) is 30.3 Å². The molecule has 0 atom stereocenters. The summed E-state index contributed by atoms with van der Waals surface area (Å²) < 4.78 is 5.24. The Hall–Kier alpha value is -3.60. The number of aromatic amines is 1. The standard InChI is InChI=1S/C24H22N2O3/c1-24(2,3)29-23(28)25-17-11-8-16(9-12-17)22(27)21-14-19-18-7-5-4-6-15(18)10-13-20(19)26-21/h4-14,26H,1-3H3,(H,25,28). The predicted molar refractivity (Wildman–Crippen MR) is 116 cm³/mol. The van der Waals surface area contributed by atoms with E-state index in [2.05, 4.69) is 22.4 Å². The summed E-state index contributed by atoms with van der Waals surface area (Å²) in [5, 5.41) is 5.93. The highest BCUT2D eigenvalue weighted by atomic mass is 16.6. The van der Waals surface area contributed by atoms with Gasteiger partial charge in [-0.25, -0.2) is 4.79 Å². The van der Waals surface area contributed by atoms with Crippen LogP contribution in [0.15, 0.2) is 66.7 Å². The van der Waals surface area contributed by atoms with Crippen LogP contribution in [0, 0.1) is 0 Å². The van der Waals surface area contributed by atoms with Gasteiger partial charge in [-0.15, -0.1) is 0 Å². The van der Waals surface area contributed by atoms with Crippen LogP contribution in [-0.2, 0) is 4.74 Å². The monoisotopic (exact) mass is 386 g/mol. The van der Waals surface area contributed by atoms with Gasteiger partial charge in [-0.3, -0.25) is 10.1 Å². The molecule has 146 valence electrons. The van der Waals surface area contributed by atoms with E-state index in [4.69, 9.17) is 4.74 Å². The Morgan fingerprint density at radius 2 is 1.62 bits per heavy atom.